The zero-order chi connectivity index (χ0) is 22.2. The molecular formula is C25H24N4O2S. The van der Waals surface area contributed by atoms with Crippen LogP contribution in [0.15, 0.2) is 84.9 Å². The molecule has 3 aromatic carbocycles. The standard InChI is InChI=1S/C25H24N4O2S/c30-24(19-11-5-2-6-12-19)28-21(17-18-9-3-1-4-10-18)25(31)27-16-15-26-23-20-13-7-8-14-22(20)32-29-23/h1-14,21H,15-17H2,(H,26,29)(H,27,31)(H,28,30)/t21-/m0/s1. The number of carbonyl (C=O) groups excluding carboxylic acids is 2. The van der Waals surface area contributed by atoms with Gasteiger partial charge in [-0.25, -0.2) is 0 Å². The van der Waals surface area contributed by atoms with Crippen molar-refractivity contribution in [2.45, 2.75) is 12.5 Å². The van der Waals surface area contributed by atoms with Gasteiger partial charge in [0.2, 0.25) is 5.91 Å². The van der Waals surface area contributed by atoms with Crippen LogP contribution in [0.25, 0.3) is 10.1 Å². The molecule has 162 valence electrons. The number of amides is 2. The van der Waals surface area contributed by atoms with E-state index in [0.717, 1.165) is 21.5 Å². The molecule has 1 atom stereocenters. The molecule has 0 aliphatic rings. The Hall–Kier alpha value is -3.71. The van der Waals surface area contributed by atoms with E-state index < -0.39 is 6.04 Å². The van der Waals surface area contributed by atoms with E-state index in [9.17, 15) is 9.59 Å². The third-order valence-electron chi connectivity index (χ3n) is 5.03. The third kappa shape index (κ3) is 5.50. The Morgan fingerprint density at radius 2 is 1.53 bits per heavy atom. The number of aromatic nitrogens is 1. The number of rotatable bonds is 9. The Morgan fingerprint density at radius 3 is 2.31 bits per heavy atom. The zero-order valence-corrected chi connectivity index (χ0v) is 18.3. The van der Waals surface area contributed by atoms with E-state index in [2.05, 4.69) is 20.3 Å². The number of hydrogen-bond acceptors (Lipinski definition) is 5. The number of fused-ring (bicyclic) bond motifs is 1. The summed E-state index contributed by atoms with van der Waals surface area (Å²) in [6.45, 7) is 0.946. The summed E-state index contributed by atoms with van der Waals surface area (Å²) in [4.78, 5) is 25.6. The zero-order valence-electron chi connectivity index (χ0n) is 17.5. The van der Waals surface area contributed by atoms with Gasteiger partial charge in [0.1, 0.15) is 11.9 Å². The minimum atomic E-state index is -0.676. The molecule has 2 amide bonds. The topological polar surface area (TPSA) is 83.1 Å². The Balaban J connectivity index is 1.36. The highest BCUT2D eigenvalue weighted by Crippen LogP contribution is 2.25. The van der Waals surface area contributed by atoms with Crippen LogP contribution in [0.1, 0.15) is 15.9 Å². The normalized spacial score (nSPS) is 11.6. The number of hydrogen-bond donors (Lipinski definition) is 3. The smallest absolute Gasteiger partial charge is 0.251 e. The second-order valence-corrected chi connectivity index (χ2v) is 8.13. The van der Waals surface area contributed by atoms with Crippen molar-refractivity contribution in [2.75, 3.05) is 18.4 Å². The van der Waals surface area contributed by atoms with Crippen LogP contribution in [0.5, 0.6) is 0 Å². The lowest BCUT2D eigenvalue weighted by atomic mass is 10.0. The second-order valence-electron chi connectivity index (χ2n) is 7.33. The summed E-state index contributed by atoms with van der Waals surface area (Å²) in [5.74, 6) is 0.329. The first kappa shape index (κ1) is 21.5. The van der Waals surface area contributed by atoms with Gasteiger partial charge < -0.3 is 16.0 Å². The summed E-state index contributed by atoms with van der Waals surface area (Å²) in [5.41, 5.74) is 1.50. The lowest BCUT2D eigenvalue weighted by Gasteiger charge is -2.19. The van der Waals surface area contributed by atoms with Crippen LogP contribution in [0, 0.1) is 0 Å². The molecule has 4 aromatic rings. The van der Waals surface area contributed by atoms with Gasteiger partial charge in [-0.05, 0) is 41.4 Å². The maximum absolute atomic E-state index is 12.9. The maximum atomic E-state index is 12.9. The monoisotopic (exact) mass is 444 g/mol. The predicted octanol–water partition coefficient (Wildman–Crippen LogP) is 3.87. The second kappa shape index (κ2) is 10.5. The van der Waals surface area contributed by atoms with Crippen molar-refractivity contribution < 1.29 is 9.59 Å². The fourth-order valence-electron chi connectivity index (χ4n) is 3.39. The molecule has 1 heterocycles. The van der Waals surface area contributed by atoms with Crippen molar-refractivity contribution in [1.82, 2.24) is 15.0 Å². The van der Waals surface area contributed by atoms with Gasteiger partial charge in [-0.2, -0.15) is 4.37 Å². The van der Waals surface area contributed by atoms with Crippen LogP contribution >= 0.6 is 11.5 Å². The molecule has 6 nitrogen and oxygen atoms in total. The van der Waals surface area contributed by atoms with E-state index in [0.29, 0.717) is 25.1 Å². The fraction of sp³-hybridized carbons (Fsp3) is 0.160. The van der Waals surface area contributed by atoms with Gasteiger partial charge in [-0.1, -0.05) is 60.7 Å². The summed E-state index contributed by atoms with van der Waals surface area (Å²) in [6, 6.07) is 25.9. The summed E-state index contributed by atoms with van der Waals surface area (Å²) >= 11 is 1.44. The molecule has 4 rings (SSSR count). The van der Waals surface area contributed by atoms with E-state index in [4.69, 9.17) is 0 Å². The van der Waals surface area contributed by atoms with Gasteiger partial charge in [0.15, 0.2) is 0 Å². The number of nitrogens with one attached hydrogen (secondary N) is 3. The van der Waals surface area contributed by atoms with Gasteiger partial charge >= 0.3 is 0 Å². The number of carbonyl (C=O) groups is 2. The van der Waals surface area contributed by atoms with Gasteiger partial charge in [0, 0.05) is 30.5 Å². The molecule has 0 radical (unpaired) electrons. The summed E-state index contributed by atoms with van der Waals surface area (Å²) in [7, 11) is 0. The minimum Gasteiger partial charge on any atom is -0.367 e. The first-order valence-electron chi connectivity index (χ1n) is 10.5. The molecule has 7 heteroatoms. The van der Waals surface area contributed by atoms with Gasteiger partial charge in [0.25, 0.3) is 5.91 Å². The molecular weight excluding hydrogens is 420 g/mol. The summed E-state index contributed by atoms with van der Waals surface area (Å²) < 4.78 is 5.55. The van der Waals surface area contributed by atoms with Crippen LogP contribution in [0.3, 0.4) is 0 Å². The van der Waals surface area contributed by atoms with Crippen LogP contribution < -0.4 is 16.0 Å². The van der Waals surface area contributed by atoms with Crippen molar-refractivity contribution >= 4 is 39.3 Å². The molecule has 0 saturated heterocycles. The first-order valence-corrected chi connectivity index (χ1v) is 11.2. The van der Waals surface area contributed by atoms with E-state index >= 15 is 0 Å². The van der Waals surface area contributed by atoms with Crippen LogP contribution in [-0.2, 0) is 11.2 Å². The van der Waals surface area contributed by atoms with Crippen LogP contribution in [-0.4, -0.2) is 35.3 Å². The maximum Gasteiger partial charge on any atom is 0.251 e. The Labute approximate surface area is 190 Å². The third-order valence-corrected chi connectivity index (χ3v) is 5.86. The van der Waals surface area contributed by atoms with Gasteiger partial charge in [-0.15, -0.1) is 0 Å². The Kier molecular flexibility index (Phi) is 7.09. The highest BCUT2D eigenvalue weighted by Gasteiger charge is 2.21. The minimum absolute atomic E-state index is 0.219. The Bertz CT molecular complexity index is 1180. The van der Waals surface area contributed by atoms with Crippen molar-refractivity contribution in [3.63, 3.8) is 0 Å². The lowest BCUT2D eigenvalue weighted by Crippen LogP contribution is -2.48. The quantitative estimate of drug-likeness (QED) is 0.342. The summed E-state index contributed by atoms with van der Waals surface area (Å²) in [6.07, 6.45) is 0.412. The molecule has 0 fully saturated rings. The molecule has 1 aromatic heterocycles. The van der Waals surface area contributed by atoms with Crippen molar-refractivity contribution in [3.8, 4) is 0 Å². The molecule has 32 heavy (non-hydrogen) atoms. The van der Waals surface area contributed by atoms with Gasteiger partial charge in [-0.3, -0.25) is 9.59 Å². The van der Waals surface area contributed by atoms with Crippen LogP contribution in [0.2, 0.25) is 0 Å². The largest absolute Gasteiger partial charge is 0.367 e. The van der Waals surface area contributed by atoms with Crippen molar-refractivity contribution in [3.05, 3.63) is 96.1 Å². The molecule has 0 bridgehead atoms. The number of anilines is 1. The van der Waals surface area contributed by atoms with Crippen molar-refractivity contribution in [1.29, 1.82) is 0 Å². The van der Waals surface area contributed by atoms with E-state index in [1.165, 1.54) is 11.5 Å². The van der Waals surface area contributed by atoms with E-state index in [-0.39, 0.29) is 11.8 Å². The average Bonchev–Trinajstić information content (AvgIpc) is 3.25. The number of nitrogens with zero attached hydrogens (tertiary/aromatic N) is 1. The molecule has 0 aliphatic carbocycles. The SMILES string of the molecule is O=C(N[C@@H](Cc1ccccc1)C(=O)NCCNc1nsc2ccccc12)c1ccccc1. The molecule has 0 unspecified atom stereocenters. The average molecular weight is 445 g/mol. The molecule has 0 aliphatic heterocycles. The van der Waals surface area contributed by atoms with E-state index in [1.807, 2.05) is 60.7 Å². The summed E-state index contributed by atoms with van der Waals surface area (Å²) in [5, 5.41) is 10.2. The number of benzene rings is 3. The van der Waals surface area contributed by atoms with E-state index in [1.54, 1.807) is 24.3 Å². The molecule has 0 spiro atoms. The van der Waals surface area contributed by atoms with Crippen LogP contribution in [0.4, 0.5) is 5.82 Å². The van der Waals surface area contributed by atoms with Crippen molar-refractivity contribution in [2.24, 2.45) is 0 Å². The molecule has 0 saturated carbocycles. The predicted molar refractivity (Wildman–Crippen MR) is 129 cm³/mol. The highest BCUT2D eigenvalue weighted by molar-refractivity contribution is 7.13. The lowest BCUT2D eigenvalue weighted by molar-refractivity contribution is -0.122. The van der Waals surface area contributed by atoms with Gasteiger partial charge in [0.05, 0.1) is 4.70 Å². The fourth-order valence-corrected chi connectivity index (χ4v) is 4.15. The first-order chi connectivity index (χ1) is 15.7. The highest BCUT2D eigenvalue weighted by atomic mass is 32.1. The molecule has 3 N–H and O–H groups in total. The Morgan fingerprint density at radius 1 is 0.844 bits per heavy atom.